The fourth-order valence-corrected chi connectivity index (χ4v) is 4.90. The monoisotopic (exact) mass is 438 g/mol. The van der Waals surface area contributed by atoms with Gasteiger partial charge in [0.05, 0.1) is 24.7 Å². The number of rotatable bonds is 6. The Morgan fingerprint density at radius 1 is 1.07 bits per heavy atom. The minimum absolute atomic E-state index is 0.131. The van der Waals surface area contributed by atoms with E-state index < -0.39 is 10.0 Å². The largest absolute Gasteiger partial charge is 0.497 e. The lowest BCUT2D eigenvalue weighted by molar-refractivity contribution is 0.0921. The fourth-order valence-electron chi connectivity index (χ4n) is 3.26. The van der Waals surface area contributed by atoms with Crippen LogP contribution in [0.15, 0.2) is 47.4 Å². The van der Waals surface area contributed by atoms with Crippen LogP contribution in [0.4, 0.5) is 0 Å². The third-order valence-corrected chi connectivity index (χ3v) is 7.04. The molecule has 29 heavy (non-hydrogen) atoms. The molecule has 1 aliphatic heterocycles. The van der Waals surface area contributed by atoms with Crippen molar-refractivity contribution in [2.24, 2.45) is 0 Å². The second kappa shape index (κ2) is 9.02. The predicted octanol–water partition coefficient (Wildman–Crippen LogP) is 2.94. The van der Waals surface area contributed by atoms with Crippen LogP contribution in [0.1, 0.15) is 23.2 Å². The summed E-state index contributed by atoms with van der Waals surface area (Å²) >= 11 is 5.99. The number of carbonyl (C=O) groups is 1. The zero-order valence-electron chi connectivity index (χ0n) is 16.2. The lowest BCUT2D eigenvalue weighted by Crippen LogP contribution is -2.46. The molecule has 0 radical (unpaired) electrons. The number of sulfonamides is 1. The van der Waals surface area contributed by atoms with Crippen molar-refractivity contribution < 1.29 is 22.7 Å². The van der Waals surface area contributed by atoms with Gasteiger partial charge in [-0.05, 0) is 55.3 Å². The van der Waals surface area contributed by atoms with Gasteiger partial charge in [0, 0.05) is 24.2 Å². The molecule has 1 heterocycles. The van der Waals surface area contributed by atoms with Crippen molar-refractivity contribution in [2.45, 2.75) is 23.8 Å². The average Bonchev–Trinajstić information content (AvgIpc) is 2.74. The third-order valence-electron chi connectivity index (χ3n) is 4.89. The maximum Gasteiger partial charge on any atom is 0.255 e. The number of nitrogens with one attached hydrogen (secondary N) is 1. The summed E-state index contributed by atoms with van der Waals surface area (Å²) < 4.78 is 37.4. The Balaban J connectivity index is 1.63. The highest BCUT2D eigenvalue weighted by molar-refractivity contribution is 7.89. The Bertz CT molecular complexity index is 971. The van der Waals surface area contributed by atoms with Crippen molar-refractivity contribution in [3.8, 4) is 11.5 Å². The molecule has 0 unspecified atom stereocenters. The molecule has 0 spiro atoms. The zero-order valence-corrected chi connectivity index (χ0v) is 17.8. The summed E-state index contributed by atoms with van der Waals surface area (Å²) in [5.41, 5.74) is 0.355. The number of ether oxygens (including phenoxy) is 2. The maximum absolute atomic E-state index is 12.8. The molecule has 156 valence electrons. The fraction of sp³-hybridized carbons (Fsp3) is 0.350. The highest BCUT2D eigenvalue weighted by atomic mass is 35.5. The number of amides is 1. The van der Waals surface area contributed by atoms with Gasteiger partial charge in [0.1, 0.15) is 11.5 Å². The van der Waals surface area contributed by atoms with Crippen LogP contribution in [0.5, 0.6) is 11.5 Å². The number of hydrogen-bond acceptors (Lipinski definition) is 5. The Morgan fingerprint density at radius 3 is 2.31 bits per heavy atom. The SMILES string of the molecule is COc1ccc(S(=O)(=O)N2CCC(NC(=O)c3cc(Cl)ccc3OC)CC2)cc1. The Labute approximate surface area is 175 Å². The number of carbonyl (C=O) groups excluding carboxylic acids is 1. The van der Waals surface area contributed by atoms with Crippen LogP contribution in [0.2, 0.25) is 5.02 Å². The molecule has 0 aromatic heterocycles. The van der Waals surface area contributed by atoms with E-state index in [4.69, 9.17) is 21.1 Å². The summed E-state index contributed by atoms with van der Waals surface area (Å²) in [6, 6.07) is 11.0. The molecule has 0 bridgehead atoms. The molecule has 2 aromatic carbocycles. The van der Waals surface area contributed by atoms with E-state index in [2.05, 4.69) is 5.32 Å². The molecule has 1 N–H and O–H groups in total. The molecule has 3 rings (SSSR count). The molecule has 1 amide bonds. The second-order valence-corrected chi connectivity index (χ2v) is 9.05. The van der Waals surface area contributed by atoms with E-state index in [0.717, 1.165) is 0 Å². The van der Waals surface area contributed by atoms with E-state index in [1.54, 1.807) is 30.3 Å². The first-order valence-corrected chi connectivity index (χ1v) is 11.0. The standard InChI is InChI=1S/C20H23ClN2O5S/c1-27-16-4-6-17(7-5-16)29(25,26)23-11-9-15(10-12-23)22-20(24)18-13-14(21)3-8-19(18)28-2/h3-8,13,15H,9-12H2,1-2H3,(H,22,24). The minimum Gasteiger partial charge on any atom is -0.497 e. The predicted molar refractivity (Wildman–Crippen MR) is 110 cm³/mol. The van der Waals surface area contributed by atoms with Gasteiger partial charge in [0.15, 0.2) is 0 Å². The molecule has 1 fully saturated rings. The molecule has 1 saturated heterocycles. The number of halogens is 1. The molecule has 0 atom stereocenters. The first-order chi connectivity index (χ1) is 13.8. The number of hydrogen-bond donors (Lipinski definition) is 1. The third kappa shape index (κ3) is 4.83. The van der Waals surface area contributed by atoms with Gasteiger partial charge in [-0.25, -0.2) is 8.42 Å². The van der Waals surface area contributed by atoms with Gasteiger partial charge in [-0.2, -0.15) is 4.31 Å². The average molecular weight is 439 g/mol. The quantitative estimate of drug-likeness (QED) is 0.749. The number of methoxy groups -OCH3 is 2. The molecule has 7 nitrogen and oxygen atoms in total. The van der Waals surface area contributed by atoms with E-state index in [1.165, 1.54) is 30.7 Å². The van der Waals surface area contributed by atoms with Crippen LogP contribution in [0.25, 0.3) is 0 Å². The van der Waals surface area contributed by atoms with Crippen LogP contribution in [0, 0.1) is 0 Å². The molecule has 9 heteroatoms. The van der Waals surface area contributed by atoms with Crippen molar-refractivity contribution in [1.29, 1.82) is 0 Å². The molecule has 1 aliphatic rings. The van der Waals surface area contributed by atoms with Gasteiger partial charge in [0.2, 0.25) is 10.0 Å². The molecule has 0 aliphatic carbocycles. The van der Waals surface area contributed by atoms with Crippen LogP contribution in [0.3, 0.4) is 0 Å². The van der Waals surface area contributed by atoms with Crippen molar-refractivity contribution >= 4 is 27.5 Å². The van der Waals surface area contributed by atoms with Crippen LogP contribution >= 0.6 is 11.6 Å². The van der Waals surface area contributed by atoms with Crippen molar-refractivity contribution in [2.75, 3.05) is 27.3 Å². The number of benzene rings is 2. The van der Waals surface area contributed by atoms with E-state index in [1.807, 2.05) is 0 Å². The summed E-state index contributed by atoms with van der Waals surface area (Å²) in [7, 11) is -0.562. The van der Waals surface area contributed by atoms with Gasteiger partial charge in [-0.1, -0.05) is 11.6 Å². The van der Waals surface area contributed by atoms with E-state index >= 15 is 0 Å². The summed E-state index contributed by atoms with van der Waals surface area (Å²) in [5, 5.41) is 3.39. The second-order valence-electron chi connectivity index (χ2n) is 6.67. The van der Waals surface area contributed by atoms with E-state index in [-0.39, 0.29) is 16.8 Å². The van der Waals surface area contributed by atoms with Gasteiger partial charge in [-0.3, -0.25) is 4.79 Å². The summed E-state index contributed by atoms with van der Waals surface area (Å²) in [5.74, 6) is 0.744. The Morgan fingerprint density at radius 2 is 1.72 bits per heavy atom. The highest BCUT2D eigenvalue weighted by Gasteiger charge is 2.30. The minimum atomic E-state index is -3.58. The topological polar surface area (TPSA) is 84.9 Å². The van der Waals surface area contributed by atoms with E-state index in [9.17, 15) is 13.2 Å². The Kier molecular flexibility index (Phi) is 6.66. The zero-order chi connectivity index (χ0) is 21.0. The molecule has 0 saturated carbocycles. The van der Waals surface area contributed by atoms with Crippen LogP contribution in [-0.2, 0) is 10.0 Å². The van der Waals surface area contributed by atoms with Crippen LogP contribution < -0.4 is 14.8 Å². The molecular formula is C20H23ClN2O5S. The number of piperidine rings is 1. The highest BCUT2D eigenvalue weighted by Crippen LogP contribution is 2.25. The lowest BCUT2D eigenvalue weighted by atomic mass is 10.1. The summed E-state index contributed by atoms with van der Waals surface area (Å²) in [6.45, 7) is 0.651. The summed E-state index contributed by atoms with van der Waals surface area (Å²) in [4.78, 5) is 12.8. The van der Waals surface area contributed by atoms with Crippen molar-refractivity contribution in [3.05, 3.63) is 53.1 Å². The number of nitrogens with zero attached hydrogens (tertiary/aromatic N) is 1. The first kappa shape index (κ1) is 21.4. The van der Waals surface area contributed by atoms with Crippen molar-refractivity contribution in [1.82, 2.24) is 9.62 Å². The molecular weight excluding hydrogens is 416 g/mol. The lowest BCUT2D eigenvalue weighted by Gasteiger charge is -2.31. The van der Waals surface area contributed by atoms with Gasteiger partial charge >= 0.3 is 0 Å². The van der Waals surface area contributed by atoms with E-state index in [0.29, 0.717) is 48.0 Å². The van der Waals surface area contributed by atoms with Crippen LogP contribution in [-0.4, -0.2) is 52.0 Å². The van der Waals surface area contributed by atoms with Gasteiger partial charge in [0.25, 0.3) is 5.91 Å². The van der Waals surface area contributed by atoms with Gasteiger partial charge in [-0.15, -0.1) is 0 Å². The normalized spacial score (nSPS) is 15.7. The maximum atomic E-state index is 12.8. The smallest absolute Gasteiger partial charge is 0.255 e. The molecule has 2 aromatic rings. The van der Waals surface area contributed by atoms with Gasteiger partial charge < -0.3 is 14.8 Å². The summed E-state index contributed by atoms with van der Waals surface area (Å²) in [6.07, 6.45) is 1.04. The first-order valence-electron chi connectivity index (χ1n) is 9.13. The van der Waals surface area contributed by atoms with Crippen molar-refractivity contribution in [3.63, 3.8) is 0 Å². The Hall–Kier alpha value is -2.29.